The smallest absolute Gasteiger partial charge is 0.243 e. The van der Waals surface area contributed by atoms with Gasteiger partial charge in [0, 0.05) is 43.6 Å². The van der Waals surface area contributed by atoms with E-state index in [0.29, 0.717) is 37.0 Å². The van der Waals surface area contributed by atoms with Gasteiger partial charge in [0.25, 0.3) is 0 Å². The van der Waals surface area contributed by atoms with E-state index in [1.165, 1.54) is 16.9 Å². The van der Waals surface area contributed by atoms with Crippen LogP contribution in [-0.2, 0) is 10.0 Å². The lowest BCUT2D eigenvalue weighted by atomic mass is 10.2. The molecule has 0 amide bonds. The van der Waals surface area contributed by atoms with Gasteiger partial charge in [0.15, 0.2) is 0 Å². The second-order valence-electron chi connectivity index (χ2n) is 8.44. The third-order valence-corrected chi connectivity index (χ3v) is 8.62. The number of rotatable bonds is 5. The normalized spacial score (nSPS) is 15.1. The van der Waals surface area contributed by atoms with Gasteiger partial charge in [-0.05, 0) is 51.1 Å². The van der Waals surface area contributed by atoms with Gasteiger partial charge in [-0.25, -0.2) is 18.4 Å². The SMILES string of the molecule is Cc1ccc(Nc2cc(C)nc(N3CCN(S(=O)(=O)c4ccc5nc(C)sc5c4)CC3)n2)cc1. The van der Waals surface area contributed by atoms with Gasteiger partial charge in [0.05, 0.1) is 20.1 Å². The van der Waals surface area contributed by atoms with Crippen molar-refractivity contribution in [3.63, 3.8) is 0 Å². The third-order valence-electron chi connectivity index (χ3n) is 5.79. The highest BCUT2D eigenvalue weighted by Gasteiger charge is 2.30. The van der Waals surface area contributed by atoms with Crippen molar-refractivity contribution in [2.75, 3.05) is 36.4 Å². The van der Waals surface area contributed by atoms with E-state index in [2.05, 4.69) is 27.2 Å². The molecule has 1 N–H and O–H groups in total. The minimum atomic E-state index is -3.58. The Morgan fingerprint density at radius 2 is 1.62 bits per heavy atom. The van der Waals surface area contributed by atoms with Gasteiger partial charge in [-0.1, -0.05) is 17.7 Å². The Morgan fingerprint density at radius 3 is 2.35 bits per heavy atom. The summed E-state index contributed by atoms with van der Waals surface area (Å²) in [6.07, 6.45) is 0. The van der Waals surface area contributed by atoms with E-state index in [0.717, 1.165) is 32.4 Å². The maximum absolute atomic E-state index is 13.3. The quantitative estimate of drug-likeness (QED) is 0.443. The lowest BCUT2D eigenvalue weighted by Crippen LogP contribution is -2.49. The van der Waals surface area contributed by atoms with Crippen molar-refractivity contribution in [1.29, 1.82) is 0 Å². The van der Waals surface area contributed by atoms with Crippen LogP contribution in [0, 0.1) is 20.8 Å². The summed E-state index contributed by atoms with van der Waals surface area (Å²) < 4.78 is 29.0. The maximum Gasteiger partial charge on any atom is 0.243 e. The van der Waals surface area contributed by atoms with Crippen LogP contribution in [0.2, 0.25) is 0 Å². The molecular formula is C24H26N6O2S2. The zero-order valence-electron chi connectivity index (χ0n) is 19.3. The molecule has 0 aliphatic carbocycles. The van der Waals surface area contributed by atoms with E-state index in [4.69, 9.17) is 0 Å². The fourth-order valence-electron chi connectivity index (χ4n) is 4.00. The Balaban J connectivity index is 1.30. The fraction of sp³-hybridized carbons (Fsp3) is 0.292. The second-order valence-corrected chi connectivity index (χ2v) is 11.6. The first-order chi connectivity index (χ1) is 16.3. The van der Waals surface area contributed by atoms with Crippen LogP contribution in [-0.4, -0.2) is 53.9 Å². The zero-order valence-corrected chi connectivity index (χ0v) is 20.9. The fourth-order valence-corrected chi connectivity index (χ4v) is 6.39. The van der Waals surface area contributed by atoms with E-state index in [9.17, 15) is 8.42 Å². The number of nitrogens with zero attached hydrogens (tertiary/aromatic N) is 5. The van der Waals surface area contributed by atoms with E-state index >= 15 is 0 Å². The number of hydrogen-bond donors (Lipinski definition) is 1. The van der Waals surface area contributed by atoms with Gasteiger partial charge in [0.2, 0.25) is 16.0 Å². The number of hydrogen-bond acceptors (Lipinski definition) is 8. The molecule has 0 radical (unpaired) electrons. The molecule has 1 aliphatic heterocycles. The van der Waals surface area contributed by atoms with Crippen molar-refractivity contribution in [3.05, 3.63) is 64.8 Å². The molecule has 5 rings (SSSR count). The predicted octanol–water partition coefficient (Wildman–Crippen LogP) is 4.27. The van der Waals surface area contributed by atoms with Crippen LogP contribution < -0.4 is 10.2 Å². The Labute approximate surface area is 203 Å². The van der Waals surface area contributed by atoms with Gasteiger partial charge in [-0.3, -0.25) is 0 Å². The molecule has 0 unspecified atom stereocenters. The number of fused-ring (bicyclic) bond motifs is 1. The molecule has 1 saturated heterocycles. The summed E-state index contributed by atoms with van der Waals surface area (Å²) in [5, 5.41) is 4.26. The molecule has 8 nitrogen and oxygen atoms in total. The number of anilines is 3. The number of thiazole rings is 1. The monoisotopic (exact) mass is 494 g/mol. The topological polar surface area (TPSA) is 91.3 Å². The van der Waals surface area contributed by atoms with Gasteiger partial charge in [-0.2, -0.15) is 9.29 Å². The third kappa shape index (κ3) is 4.61. The van der Waals surface area contributed by atoms with Crippen molar-refractivity contribution in [1.82, 2.24) is 19.3 Å². The Morgan fingerprint density at radius 1 is 0.882 bits per heavy atom. The minimum Gasteiger partial charge on any atom is -0.340 e. The maximum atomic E-state index is 13.3. The minimum absolute atomic E-state index is 0.313. The largest absolute Gasteiger partial charge is 0.340 e. The molecule has 1 aliphatic rings. The van der Waals surface area contributed by atoms with E-state index in [1.54, 1.807) is 22.5 Å². The van der Waals surface area contributed by atoms with Crippen molar-refractivity contribution in [3.8, 4) is 0 Å². The molecule has 0 spiro atoms. The first-order valence-corrected chi connectivity index (χ1v) is 13.4. The molecule has 3 heterocycles. The first kappa shape index (κ1) is 22.7. The number of sulfonamides is 1. The number of aryl methyl sites for hydroxylation is 3. The van der Waals surface area contributed by atoms with Crippen LogP contribution in [0.5, 0.6) is 0 Å². The zero-order chi connectivity index (χ0) is 23.9. The molecule has 10 heteroatoms. The molecule has 176 valence electrons. The van der Waals surface area contributed by atoms with Gasteiger partial charge < -0.3 is 10.2 Å². The highest BCUT2D eigenvalue weighted by molar-refractivity contribution is 7.89. The second kappa shape index (κ2) is 8.94. The van der Waals surface area contributed by atoms with Crippen LogP contribution >= 0.6 is 11.3 Å². The van der Waals surface area contributed by atoms with Crippen LogP contribution in [0.15, 0.2) is 53.4 Å². The highest BCUT2D eigenvalue weighted by atomic mass is 32.2. The van der Waals surface area contributed by atoms with Gasteiger partial charge >= 0.3 is 0 Å². The molecule has 34 heavy (non-hydrogen) atoms. The van der Waals surface area contributed by atoms with Crippen LogP contribution in [0.25, 0.3) is 10.2 Å². The van der Waals surface area contributed by atoms with Crippen LogP contribution in [0.4, 0.5) is 17.5 Å². The van der Waals surface area contributed by atoms with E-state index in [1.807, 2.05) is 49.1 Å². The molecule has 0 atom stereocenters. The van der Waals surface area contributed by atoms with Crippen molar-refractivity contribution in [2.45, 2.75) is 25.7 Å². The number of aromatic nitrogens is 3. The summed E-state index contributed by atoms with van der Waals surface area (Å²) in [6, 6.07) is 15.2. The first-order valence-electron chi connectivity index (χ1n) is 11.1. The standard InChI is InChI=1S/C24H26N6O2S2/c1-16-4-6-19(7-5-16)27-23-14-17(2)25-24(28-23)29-10-12-30(13-11-29)34(31,32)20-8-9-21-22(15-20)33-18(3)26-21/h4-9,14-15H,10-13H2,1-3H3,(H,25,27,28). The predicted molar refractivity (Wildman–Crippen MR) is 137 cm³/mol. The Kier molecular flexibility index (Phi) is 5.97. The molecule has 2 aromatic carbocycles. The van der Waals surface area contributed by atoms with Gasteiger partial charge in [0.1, 0.15) is 5.82 Å². The lowest BCUT2D eigenvalue weighted by Gasteiger charge is -2.34. The lowest BCUT2D eigenvalue weighted by molar-refractivity contribution is 0.382. The van der Waals surface area contributed by atoms with E-state index < -0.39 is 10.0 Å². The summed E-state index contributed by atoms with van der Waals surface area (Å²) >= 11 is 1.51. The summed E-state index contributed by atoms with van der Waals surface area (Å²) in [5.41, 5.74) is 3.83. The van der Waals surface area contributed by atoms with E-state index in [-0.39, 0.29) is 0 Å². The Hall–Kier alpha value is -3.08. The van der Waals surface area contributed by atoms with Crippen LogP contribution in [0.3, 0.4) is 0 Å². The van der Waals surface area contributed by atoms with Crippen LogP contribution in [0.1, 0.15) is 16.3 Å². The number of benzene rings is 2. The molecule has 0 bridgehead atoms. The van der Waals surface area contributed by atoms with Gasteiger partial charge in [-0.15, -0.1) is 11.3 Å². The van der Waals surface area contributed by atoms with Crippen molar-refractivity contribution in [2.24, 2.45) is 0 Å². The average Bonchev–Trinajstić information content (AvgIpc) is 3.19. The molecular weight excluding hydrogens is 468 g/mol. The van der Waals surface area contributed by atoms with Crippen molar-refractivity contribution < 1.29 is 8.42 Å². The molecule has 1 fully saturated rings. The average molecular weight is 495 g/mol. The Bertz CT molecular complexity index is 1440. The number of piperazine rings is 1. The highest BCUT2D eigenvalue weighted by Crippen LogP contribution is 2.27. The van der Waals surface area contributed by atoms with Crippen molar-refractivity contribution >= 4 is 49.0 Å². The molecule has 4 aromatic rings. The summed E-state index contributed by atoms with van der Waals surface area (Å²) in [6.45, 7) is 7.70. The molecule has 0 saturated carbocycles. The summed E-state index contributed by atoms with van der Waals surface area (Å²) in [7, 11) is -3.58. The summed E-state index contributed by atoms with van der Waals surface area (Å²) in [4.78, 5) is 16.1. The number of nitrogens with one attached hydrogen (secondary N) is 1. The summed E-state index contributed by atoms with van der Waals surface area (Å²) in [5.74, 6) is 1.32. The molecule has 2 aromatic heterocycles.